The Labute approximate surface area is 302 Å². The van der Waals surface area contributed by atoms with E-state index >= 15 is 0 Å². The highest BCUT2D eigenvalue weighted by Gasteiger charge is 2.14. The molecule has 3 aromatic heterocycles. The van der Waals surface area contributed by atoms with E-state index in [4.69, 9.17) is 24.9 Å². The van der Waals surface area contributed by atoms with Crippen LogP contribution in [0.15, 0.2) is 188 Å². The number of nitrogens with zero attached hydrogens (tertiary/aromatic N) is 5. The van der Waals surface area contributed by atoms with Crippen molar-refractivity contribution in [2.24, 2.45) is 0 Å². The number of hydrogen-bond donors (Lipinski definition) is 0. The van der Waals surface area contributed by atoms with Crippen molar-refractivity contribution in [2.45, 2.75) is 0 Å². The average molecular weight is 666 g/mol. The fraction of sp³-hybridized carbons (Fsp3) is 0. The second kappa shape index (κ2) is 13.7. The summed E-state index contributed by atoms with van der Waals surface area (Å²) in [6.07, 6.45) is 1.89. The molecule has 0 unspecified atom stereocenters. The van der Waals surface area contributed by atoms with Crippen molar-refractivity contribution >= 4 is 10.9 Å². The molecule has 9 aromatic rings. The van der Waals surface area contributed by atoms with E-state index in [-0.39, 0.29) is 0 Å². The van der Waals surface area contributed by atoms with Crippen LogP contribution >= 0.6 is 0 Å². The van der Waals surface area contributed by atoms with Crippen molar-refractivity contribution < 1.29 is 0 Å². The van der Waals surface area contributed by atoms with E-state index in [1.807, 2.05) is 103 Å². The molecule has 0 aliphatic carbocycles. The number of pyridine rings is 1. The van der Waals surface area contributed by atoms with Gasteiger partial charge < -0.3 is 0 Å². The molecule has 6 aromatic carbocycles. The standard InChI is InChI=1S/C47H31N5/c1-4-13-33(14-5-1)42-29-43(50-46(49-42)35-15-6-2-7-16-35)34-25-23-32(24-26-34)37-20-12-21-39(27-37)44-30-45(52-47(51-44)36-17-8-3-9-18-36)40-28-38-19-10-11-22-41(38)48-31-40/h1-31H. The zero-order valence-electron chi connectivity index (χ0n) is 28.1. The topological polar surface area (TPSA) is 64.5 Å². The minimum Gasteiger partial charge on any atom is -0.256 e. The summed E-state index contributed by atoms with van der Waals surface area (Å²) in [7, 11) is 0. The maximum absolute atomic E-state index is 5.07. The van der Waals surface area contributed by atoms with Crippen LogP contribution in [0.2, 0.25) is 0 Å². The Morgan fingerprint density at radius 1 is 0.269 bits per heavy atom. The van der Waals surface area contributed by atoms with Gasteiger partial charge in [-0.05, 0) is 41.5 Å². The van der Waals surface area contributed by atoms with E-state index in [1.54, 1.807) is 0 Å². The van der Waals surface area contributed by atoms with Crippen molar-refractivity contribution in [3.05, 3.63) is 188 Å². The molecule has 0 N–H and O–H groups in total. The highest BCUT2D eigenvalue weighted by molar-refractivity contribution is 5.84. The molecule has 0 saturated carbocycles. The van der Waals surface area contributed by atoms with Crippen LogP contribution in [0.4, 0.5) is 0 Å². The molecular weight excluding hydrogens is 635 g/mol. The predicted molar refractivity (Wildman–Crippen MR) is 211 cm³/mol. The second-order valence-corrected chi connectivity index (χ2v) is 12.6. The zero-order chi connectivity index (χ0) is 34.7. The molecule has 0 fully saturated rings. The summed E-state index contributed by atoms with van der Waals surface area (Å²) in [5.41, 5.74) is 12.5. The quantitative estimate of drug-likeness (QED) is 0.169. The van der Waals surface area contributed by atoms with Crippen LogP contribution < -0.4 is 0 Å². The smallest absolute Gasteiger partial charge is 0.160 e. The van der Waals surface area contributed by atoms with Crippen molar-refractivity contribution in [3.63, 3.8) is 0 Å². The molecule has 5 heteroatoms. The van der Waals surface area contributed by atoms with Crippen molar-refractivity contribution in [3.8, 4) is 78.9 Å². The summed E-state index contributed by atoms with van der Waals surface area (Å²) in [4.78, 5) is 24.8. The Morgan fingerprint density at radius 3 is 1.33 bits per heavy atom. The van der Waals surface area contributed by atoms with E-state index in [0.29, 0.717) is 11.6 Å². The lowest BCUT2D eigenvalue weighted by molar-refractivity contribution is 1.18. The zero-order valence-corrected chi connectivity index (χ0v) is 28.1. The lowest BCUT2D eigenvalue weighted by atomic mass is 9.98. The van der Waals surface area contributed by atoms with Gasteiger partial charge in [0.1, 0.15) is 0 Å². The Kier molecular flexibility index (Phi) is 8.12. The van der Waals surface area contributed by atoms with E-state index in [9.17, 15) is 0 Å². The van der Waals surface area contributed by atoms with Gasteiger partial charge in [-0.25, -0.2) is 19.9 Å². The van der Waals surface area contributed by atoms with Gasteiger partial charge in [0.15, 0.2) is 11.6 Å². The molecule has 9 rings (SSSR count). The maximum Gasteiger partial charge on any atom is 0.160 e. The number of rotatable bonds is 7. The second-order valence-electron chi connectivity index (χ2n) is 12.6. The largest absolute Gasteiger partial charge is 0.256 e. The lowest BCUT2D eigenvalue weighted by Gasteiger charge is -2.12. The molecule has 0 atom stereocenters. The van der Waals surface area contributed by atoms with Gasteiger partial charge in [-0.15, -0.1) is 0 Å². The minimum atomic E-state index is 0.672. The first-order valence-corrected chi connectivity index (χ1v) is 17.2. The molecular formula is C47H31N5. The number of fused-ring (bicyclic) bond motifs is 1. The van der Waals surface area contributed by atoms with E-state index in [2.05, 4.69) is 84.9 Å². The molecule has 0 radical (unpaired) electrons. The maximum atomic E-state index is 5.07. The minimum absolute atomic E-state index is 0.672. The van der Waals surface area contributed by atoms with Gasteiger partial charge in [-0.1, -0.05) is 152 Å². The molecule has 3 heterocycles. The Morgan fingerprint density at radius 2 is 0.712 bits per heavy atom. The van der Waals surface area contributed by atoms with Gasteiger partial charge in [0.25, 0.3) is 0 Å². The summed E-state index contributed by atoms with van der Waals surface area (Å²) in [6, 6.07) is 62.0. The third-order valence-electron chi connectivity index (χ3n) is 9.14. The fourth-order valence-electron chi connectivity index (χ4n) is 6.43. The molecule has 0 bridgehead atoms. The third kappa shape index (κ3) is 6.35. The van der Waals surface area contributed by atoms with E-state index in [1.165, 1.54) is 0 Å². The van der Waals surface area contributed by atoms with E-state index in [0.717, 1.165) is 78.2 Å². The van der Waals surface area contributed by atoms with Crippen molar-refractivity contribution in [2.75, 3.05) is 0 Å². The molecule has 52 heavy (non-hydrogen) atoms. The SMILES string of the molecule is c1ccc(-c2cc(-c3ccc(-c4cccc(-c5cc(-c6cnc7ccccc7c6)nc(-c6ccccc6)n5)c4)cc3)nc(-c3ccccc3)n2)cc1. The highest BCUT2D eigenvalue weighted by atomic mass is 14.9. The van der Waals surface area contributed by atoms with Crippen LogP contribution in [0.3, 0.4) is 0 Å². The van der Waals surface area contributed by atoms with Crippen molar-refractivity contribution in [1.82, 2.24) is 24.9 Å². The Hall–Kier alpha value is -7.11. The summed E-state index contributed by atoms with van der Waals surface area (Å²) in [5, 5.41) is 1.07. The Bertz CT molecular complexity index is 2600. The molecule has 0 saturated heterocycles. The summed E-state index contributed by atoms with van der Waals surface area (Å²) >= 11 is 0. The van der Waals surface area contributed by atoms with E-state index < -0.39 is 0 Å². The normalized spacial score (nSPS) is 11.1. The average Bonchev–Trinajstić information content (AvgIpc) is 3.24. The number of para-hydroxylation sites is 1. The van der Waals surface area contributed by atoms with Gasteiger partial charge >= 0.3 is 0 Å². The van der Waals surface area contributed by atoms with Crippen LogP contribution in [0, 0.1) is 0 Å². The molecule has 0 amide bonds. The lowest BCUT2D eigenvalue weighted by Crippen LogP contribution is -1.96. The van der Waals surface area contributed by atoms with Crippen LogP contribution in [-0.4, -0.2) is 24.9 Å². The van der Waals surface area contributed by atoms with Gasteiger partial charge in [0, 0.05) is 45.0 Å². The number of hydrogen-bond acceptors (Lipinski definition) is 5. The van der Waals surface area contributed by atoms with Gasteiger partial charge in [0.05, 0.1) is 28.3 Å². The summed E-state index contributed by atoms with van der Waals surface area (Å²) in [6.45, 7) is 0. The first-order valence-electron chi connectivity index (χ1n) is 17.2. The first kappa shape index (κ1) is 30.9. The van der Waals surface area contributed by atoms with Gasteiger partial charge in [-0.3, -0.25) is 4.98 Å². The molecule has 0 aliphatic rings. The fourth-order valence-corrected chi connectivity index (χ4v) is 6.43. The third-order valence-corrected chi connectivity index (χ3v) is 9.14. The number of benzene rings is 6. The first-order chi connectivity index (χ1) is 25.7. The molecule has 5 nitrogen and oxygen atoms in total. The monoisotopic (exact) mass is 665 g/mol. The molecule has 244 valence electrons. The Balaban J connectivity index is 1.08. The summed E-state index contributed by atoms with van der Waals surface area (Å²) in [5.74, 6) is 1.37. The van der Waals surface area contributed by atoms with Gasteiger partial charge in [0.2, 0.25) is 0 Å². The van der Waals surface area contributed by atoms with Gasteiger partial charge in [-0.2, -0.15) is 0 Å². The molecule has 0 aliphatic heterocycles. The molecule has 0 spiro atoms. The highest BCUT2D eigenvalue weighted by Crippen LogP contribution is 2.33. The van der Waals surface area contributed by atoms with Crippen LogP contribution in [0.1, 0.15) is 0 Å². The number of aromatic nitrogens is 5. The van der Waals surface area contributed by atoms with Crippen LogP contribution in [0.25, 0.3) is 89.8 Å². The van der Waals surface area contributed by atoms with Crippen LogP contribution in [-0.2, 0) is 0 Å². The van der Waals surface area contributed by atoms with Crippen molar-refractivity contribution in [1.29, 1.82) is 0 Å². The predicted octanol–water partition coefficient (Wildman–Crippen LogP) is 11.5. The van der Waals surface area contributed by atoms with Crippen LogP contribution in [0.5, 0.6) is 0 Å². The summed E-state index contributed by atoms with van der Waals surface area (Å²) < 4.78 is 0.